The monoisotopic (exact) mass is 346 g/mol. The number of nitrogen functional groups attached to an aromatic ring is 1. The summed E-state index contributed by atoms with van der Waals surface area (Å²) in [5.74, 6) is 0.0758. The van der Waals surface area contributed by atoms with Crippen molar-refractivity contribution in [2.45, 2.75) is 6.18 Å². The van der Waals surface area contributed by atoms with Crippen LogP contribution >= 0.6 is 0 Å². The third-order valence-corrected chi connectivity index (χ3v) is 3.78. The van der Waals surface area contributed by atoms with Gasteiger partial charge in [-0.05, 0) is 30.3 Å². The first-order valence-corrected chi connectivity index (χ1v) is 7.67. The van der Waals surface area contributed by atoms with Gasteiger partial charge >= 0.3 is 6.18 Å². The highest BCUT2D eigenvalue weighted by molar-refractivity contribution is 5.80. The molecular weight excluding hydrogens is 329 g/mol. The van der Waals surface area contributed by atoms with Crippen LogP contribution in [0.25, 0.3) is 5.57 Å². The lowest BCUT2D eigenvalue weighted by atomic mass is 10.0. The van der Waals surface area contributed by atoms with Gasteiger partial charge in [0.25, 0.3) is 0 Å². The summed E-state index contributed by atoms with van der Waals surface area (Å²) < 4.78 is 45.2. The summed E-state index contributed by atoms with van der Waals surface area (Å²) in [6.45, 7) is 0.763. The summed E-state index contributed by atoms with van der Waals surface area (Å²) in [6.07, 6.45) is 1.27. The van der Waals surface area contributed by atoms with Crippen LogP contribution in [0.4, 0.5) is 18.9 Å². The van der Waals surface area contributed by atoms with Gasteiger partial charge in [0, 0.05) is 36.6 Å². The van der Waals surface area contributed by atoms with Crippen molar-refractivity contribution in [2.75, 3.05) is 19.3 Å². The standard InChI is InChI=1S/C19H17F3N2O/c1-24-10-4-5-13(12-24)15-11-14(23)8-9-17(15)25-18-7-3-2-6-16(18)19(20,21)22/h2-9,11-12H,10,23H2,1H3. The molecule has 1 aliphatic rings. The van der Waals surface area contributed by atoms with Crippen molar-refractivity contribution < 1.29 is 17.9 Å². The van der Waals surface area contributed by atoms with Crippen LogP contribution in [-0.4, -0.2) is 18.5 Å². The second-order valence-corrected chi connectivity index (χ2v) is 5.78. The van der Waals surface area contributed by atoms with Crippen molar-refractivity contribution >= 4 is 11.3 Å². The van der Waals surface area contributed by atoms with Gasteiger partial charge in [-0.2, -0.15) is 13.2 Å². The first-order chi connectivity index (χ1) is 11.8. The average molecular weight is 346 g/mol. The Balaban J connectivity index is 2.04. The van der Waals surface area contributed by atoms with Crippen molar-refractivity contribution in [3.05, 3.63) is 71.9 Å². The summed E-state index contributed by atoms with van der Waals surface area (Å²) in [6, 6.07) is 10.0. The molecule has 0 aromatic heterocycles. The first kappa shape index (κ1) is 17.0. The van der Waals surface area contributed by atoms with Gasteiger partial charge < -0.3 is 15.4 Å². The molecule has 0 amide bonds. The second-order valence-electron chi connectivity index (χ2n) is 5.78. The van der Waals surface area contributed by atoms with Crippen molar-refractivity contribution in [1.82, 2.24) is 4.90 Å². The Morgan fingerprint density at radius 2 is 1.84 bits per heavy atom. The molecule has 3 nitrogen and oxygen atoms in total. The predicted octanol–water partition coefficient (Wildman–Crippen LogP) is 4.92. The molecule has 3 rings (SSSR count). The summed E-state index contributed by atoms with van der Waals surface area (Å²) in [4.78, 5) is 1.96. The topological polar surface area (TPSA) is 38.5 Å². The minimum atomic E-state index is -4.49. The molecule has 2 aromatic carbocycles. The number of alkyl halides is 3. The van der Waals surface area contributed by atoms with E-state index in [-0.39, 0.29) is 5.75 Å². The third-order valence-electron chi connectivity index (χ3n) is 3.78. The van der Waals surface area contributed by atoms with Gasteiger partial charge in [-0.1, -0.05) is 24.3 Å². The van der Waals surface area contributed by atoms with Gasteiger partial charge in [-0.3, -0.25) is 0 Å². The Morgan fingerprint density at radius 1 is 1.08 bits per heavy atom. The van der Waals surface area contributed by atoms with Crippen LogP contribution in [0, 0.1) is 0 Å². The number of hydrogen-bond acceptors (Lipinski definition) is 3. The summed E-state index contributed by atoms with van der Waals surface area (Å²) in [5, 5.41) is 0. The van der Waals surface area contributed by atoms with Gasteiger partial charge in [0.15, 0.2) is 0 Å². The maximum absolute atomic E-state index is 13.2. The number of anilines is 1. The van der Waals surface area contributed by atoms with E-state index in [1.807, 2.05) is 30.3 Å². The fourth-order valence-corrected chi connectivity index (χ4v) is 2.61. The van der Waals surface area contributed by atoms with E-state index in [0.717, 1.165) is 18.2 Å². The molecule has 0 atom stereocenters. The van der Waals surface area contributed by atoms with Crippen LogP contribution in [0.1, 0.15) is 11.1 Å². The molecule has 2 N–H and O–H groups in total. The summed E-state index contributed by atoms with van der Waals surface area (Å²) in [5.41, 5.74) is 7.01. The SMILES string of the molecule is CN1C=C(c2cc(N)ccc2Oc2ccccc2C(F)(F)F)C=CC1. The molecule has 0 radical (unpaired) electrons. The maximum Gasteiger partial charge on any atom is 0.419 e. The van der Waals surface area contributed by atoms with E-state index in [1.165, 1.54) is 18.2 Å². The van der Waals surface area contributed by atoms with Crippen LogP contribution < -0.4 is 10.5 Å². The number of nitrogens with zero attached hydrogens (tertiary/aromatic N) is 1. The third kappa shape index (κ3) is 3.79. The number of benzene rings is 2. The van der Waals surface area contributed by atoms with E-state index >= 15 is 0 Å². The molecule has 0 bridgehead atoms. The molecule has 6 heteroatoms. The smallest absolute Gasteiger partial charge is 0.419 e. The van der Waals surface area contributed by atoms with Crippen LogP contribution in [-0.2, 0) is 6.18 Å². The maximum atomic E-state index is 13.2. The zero-order valence-corrected chi connectivity index (χ0v) is 13.5. The lowest BCUT2D eigenvalue weighted by Gasteiger charge is -2.21. The highest BCUT2D eigenvalue weighted by Crippen LogP contribution is 2.40. The van der Waals surface area contributed by atoms with Crippen LogP contribution in [0.2, 0.25) is 0 Å². The highest BCUT2D eigenvalue weighted by atomic mass is 19.4. The number of nitrogens with two attached hydrogens (primary N) is 1. The van der Waals surface area contributed by atoms with Crippen molar-refractivity contribution in [1.29, 1.82) is 0 Å². The molecule has 0 saturated heterocycles. The molecule has 1 heterocycles. The Labute approximate surface area is 143 Å². The minimum Gasteiger partial charge on any atom is -0.456 e. The van der Waals surface area contributed by atoms with E-state index in [0.29, 0.717) is 17.0 Å². The van der Waals surface area contributed by atoms with Crippen LogP contribution in [0.15, 0.2) is 60.8 Å². The van der Waals surface area contributed by atoms with E-state index in [2.05, 4.69) is 0 Å². The van der Waals surface area contributed by atoms with E-state index in [9.17, 15) is 13.2 Å². The average Bonchev–Trinajstić information content (AvgIpc) is 2.56. The Kier molecular flexibility index (Phi) is 4.44. The number of hydrogen-bond donors (Lipinski definition) is 1. The van der Waals surface area contributed by atoms with E-state index in [1.54, 1.807) is 18.2 Å². The molecule has 0 saturated carbocycles. The fourth-order valence-electron chi connectivity index (χ4n) is 2.61. The molecule has 130 valence electrons. The molecule has 0 unspecified atom stereocenters. The number of halogens is 3. The molecule has 2 aromatic rings. The largest absolute Gasteiger partial charge is 0.456 e. The predicted molar refractivity (Wildman–Crippen MR) is 92.1 cm³/mol. The van der Waals surface area contributed by atoms with Crippen LogP contribution in [0.5, 0.6) is 11.5 Å². The number of para-hydroxylation sites is 1. The first-order valence-electron chi connectivity index (χ1n) is 7.67. The Bertz CT molecular complexity index is 841. The van der Waals surface area contributed by atoms with E-state index in [4.69, 9.17) is 10.5 Å². The van der Waals surface area contributed by atoms with Crippen LogP contribution in [0.3, 0.4) is 0 Å². The summed E-state index contributed by atoms with van der Waals surface area (Å²) in [7, 11) is 1.91. The molecule has 0 spiro atoms. The van der Waals surface area contributed by atoms with Crippen molar-refractivity contribution in [3.8, 4) is 11.5 Å². The number of rotatable bonds is 3. The fraction of sp³-hybridized carbons (Fsp3) is 0.158. The van der Waals surface area contributed by atoms with Crippen molar-refractivity contribution in [3.63, 3.8) is 0 Å². The normalized spacial score (nSPS) is 14.4. The van der Waals surface area contributed by atoms with Gasteiger partial charge in [0.05, 0.1) is 5.56 Å². The molecule has 1 aliphatic heterocycles. The molecule has 0 fully saturated rings. The highest BCUT2D eigenvalue weighted by Gasteiger charge is 2.34. The van der Waals surface area contributed by atoms with Gasteiger partial charge in [-0.25, -0.2) is 0 Å². The van der Waals surface area contributed by atoms with Gasteiger partial charge in [0.2, 0.25) is 0 Å². The number of likely N-dealkylation sites (N-methyl/N-ethyl adjacent to an activating group) is 1. The van der Waals surface area contributed by atoms with Gasteiger partial charge in [0.1, 0.15) is 11.5 Å². The lowest BCUT2D eigenvalue weighted by molar-refractivity contribution is -0.138. The van der Waals surface area contributed by atoms with Crippen molar-refractivity contribution in [2.24, 2.45) is 0 Å². The Hall–Kier alpha value is -2.89. The zero-order chi connectivity index (χ0) is 18.0. The minimum absolute atomic E-state index is 0.241. The Morgan fingerprint density at radius 3 is 2.56 bits per heavy atom. The molecular formula is C19H17F3N2O. The number of allylic oxidation sites excluding steroid dienone is 2. The molecule has 0 aliphatic carbocycles. The second kappa shape index (κ2) is 6.55. The number of ether oxygens (including phenoxy) is 1. The molecule has 25 heavy (non-hydrogen) atoms. The van der Waals surface area contributed by atoms with E-state index < -0.39 is 11.7 Å². The summed E-state index contributed by atoms with van der Waals surface area (Å²) >= 11 is 0. The zero-order valence-electron chi connectivity index (χ0n) is 13.5. The van der Waals surface area contributed by atoms with Gasteiger partial charge in [-0.15, -0.1) is 0 Å². The lowest BCUT2D eigenvalue weighted by Crippen LogP contribution is -2.14. The quantitative estimate of drug-likeness (QED) is 0.802.